The molecular weight excluding hydrogens is 300 g/mol. The summed E-state index contributed by atoms with van der Waals surface area (Å²) in [5, 5.41) is 5.15. The molecule has 21 heavy (non-hydrogen) atoms. The van der Waals surface area contributed by atoms with E-state index in [1.54, 1.807) is 6.07 Å². The van der Waals surface area contributed by atoms with E-state index in [1.807, 2.05) is 6.92 Å². The van der Waals surface area contributed by atoms with Gasteiger partial charge in [-0.15, -0.1) is 0 Å². The van der Waals surface area contributed by atoms with Gasteiger partial charge in [0.2, 0.25) is 0 Å². The zero-order chi connectivity index (χ0) is 15.4. The molecule has 2 aromatic rings. The van der Waals surface area contributed by atoms with Gasteiger partial charge < -0.3 is 10.6 Å². The largest absolute Gasteiger partial charge is 0.370 e. The quantitative estimate of drug-likeness (QED) is 0.905. The molecule has 7 heteroatoms. The summed E-state index contributed by atoms with van der Waals surface area (Å²) in [5.41, 5.74) is -0.646. The van der Waals surface area contributed by atoms with E-state index in [0.29, 0.717) is 12.4 Å². The Bertz CT molecular complexity index is 659. The van der Waals surface area contributed by atoms with Crippen molar-refractivity contribution in [2.45, 2.75) is 6.92 Å². The SMILES string of the molecule is CCNc1ccc(Cl)c(C(=O)Nc2c(F)cccc2F)n1. The second-order valence-electron chi connectivity index (χ2n) is 4.11. The van der Waals surface area contributed by atoms with Crippen LogP contribution in [0.1, 0.15) is 17.4 Å². The summed E-state index contributed by atoms with van der Waals surface area (Å²) in [7, 11) is 0. The normalized spacial score (nSPS) is 10.3. The summed E-state index contributed by atoms with van der Waals surface area (Å²) in [5.74, 6) is -2.09. The monoisotopic (exact) mass is 311 g/mol. The number of carbonyl (C=O) groups excluding carboxylic acids is 1. The Kier molecular flexibility index (Phi) is 4.70. The van der Waals surface area contributed by atoms with Gasteiger partial charge in [0.15, 0.2) is 0 Å². The maximum atomic E-state index is 13.5. The Morgan fingerprint density at radius 3 is 2.52 bits per heavy atom. The van der Waals surface area contributed by atoms with Crippen molar-refractivity contribution in [2.24, 2.45) is 0 Å². The summed E-state index contributed by atoms with van der Waals surface area (Å²) in [6.45, 7) is 2.47. The van der Waals surface area contributed by atoms with E-state index in [4.69, 9.17) is 11.6 Å². The molecule has 0 spiro atoms. The predicted molar refractivity (Wildman–Crippen MR) is 77.7 cm³/mol. The van der Waals surface area contributed by atoms with Crippen molar-refractivity contribution in [3.8, 4) is 0 Å². The van der Waals surface area contributed by atoms with E-state index in [2.05, 4.69) is 15.6 Å². The van der Waals surface area contributed by atoms with Gasteiger partial charge in [-0.1, -0.05) is 17.7 Å². The lowest BCUT2D eigenvalue weighted by molar-refractivity contribution is 0.102. The number of hydrogen-bond acceptors (Lipinski definition) is 3. The molecule has 1 aromatic heterocycles. The summed E-state index contributed by atoms with van der Waals surface area (Å²) < 4.78 is 27.0. The molecule has 1 amide bonds. The van der Waals surface area contributed by atoms with Gasteiger partial charge in [-0.3, -0.25) is 4.79 Å². The first-order valence-electron chi connectivity index (χ1n) is 6.18. The van der Waals surface area contributed by atoms with Crippen molar-refractivity contribution < 1.29 is 13.6 Å². The fourth-order valence-electron chi connectivity index (χ4n) is 1.67. The van der Waals surface area contributed by atoms with Crippen LogP contribution in [0.2, 0.25) is 5.02 Å². The average Bonchev–Trinajstić information content (AvgIpc) is 2.45. The first-order chi connectivity index (χ1) is 10.0. The molecule has 0 saturated carbocycles. The molecule has 0 aliphatic rings. The Morgan fingerprint density at radius 1 is 1.24 bits per heavy atom. The maximum Gasteiger partial charge on any atom is 0.276 e. The van der Waals surface area contributed by atoms with Gasteiger partial charge in [0.25, 0.3) is 5.91 Å². The summed E-state index contributed by atoms with van der Waals surface area (Å²) in [6.07, 6.45) is 0. The second-order valence-corrected chi connectivity index (χ2v) is 4.52. The highest BCUT2D eigenvalue weighted by Crippen LogP contribution is 2.21. The molecule has 0 unspecified atom stereocenters. The third-order valence-electron chi connectivity index (χ3n) is 2.62. The zero-order valence-electron chi connectivity index (χ0n) is 11.1. The second kappa shape index (κ2) is 6.49. The molecule has 0 aliphatic carbocycles. The van der Waals surface area contributed by atoms with Crippen LogP contribution in [0.25, 0.3) is 0 Å². The number of anilines is 2. The number of para-hydroxylation sites is 1. The molecule has 0 atom stereocenters. The van der Waals surface area contributed by atoms with E-state index in [0.717, 1.165) is 12.1 Å². The van der Waals surface area contributed by atoms with Crippen molar-refractivity contribution in [1.29, 1.82) is 0 Å². The fraction of sp³-hybridized carbons (Fsp3) is 0.143. The van der Waals surface area contributed by atoms with Gasteiger partial charge in [0.05, 0.1) is 5.02 Å². The molecule has 2 rings (SSSR count). The van der Waals surface area contributed by atoms with Crippen LogP contribution in [0.3, 0.4) is 0 Å². The lowest BCUT2D eigenvalue weighted by Crippen LogP contribution is -2.17. The third-order valence-corrected chi connectivity index (χ3v) is 2.93. The van der Waals surface area contributed by atoms with Crippen LogP contribution in [0, 0.1) is 11.6 Å². The highest BCUT2D eigenvalue weighted by atomic mass is 35.5. The highest BCUT2D eigenvalue weighted by Gasteiger charge is 2.17. The molecule has 0 radical (unpaired) electrons. The third kappa shape index (κ3) is 3.46. The number of aromatic nitrogens is 1. The van der Waals surface area contributed by atoms with E-state index in [9.17, 15) is 13.6 Å². The average molecular weight is 312 g/mol. The van der Waals surface area contributed by atoms with Crippen LogP contribution in [0.15, 0.2) is 30.3 Å². The van der Waals surface area contributed by atoms with Crippen molar-refractivity contribution in [2.75, 3.05) is 17.2 Å². The van der Waals surface area contributed by atoms with Gasteiger partial charge in [0, 0.05) is 6.54 Å². The van der Waals surface area contributed by atoms with Crippen molar-refractivity contribution in [3.05, 3.63) is 52.7 Å². The molecule has 0 saturated heterocycles. The molecule has 0 bridgehead atoms. The molecule has 0 aliphatic heterocycles. The number of carbonyl (C=O) groups is 1. The van der Waals surface area contributed by atoms with Gasteiger partial charge in [-0.25, -0.2) is 13.8 Å². The first kappa shape index (κ1) is 15.2. The molecular formula is C14H12ClF2N3O. The van der Waals surface area contributed by atoms with Gasteiger partial charge >= 0.3 is 0 Å². The van der Waals surface area contributed by atoms with E-state index in [1.165, 1.54) is 12.1 Å². The fourth-order valence-corrected chi connectivity index (χ4v) is 1.86. The molecule has 2 N–H and O–H groups in total. The van der Waals surface area contributed by atoms with Crippen molar-refractivity contribution >= 4 is 29.0 Å². The molecule has 4 nitrogen and oxygen atoms in total. The van der Waals surface area contributed by atoms with Crippen LogP contribution in [0.4, 0.5) is 20.3 Å². The standard InChI is InChI=1S/C14H12ClF2N3O/c1-2-18-11-7-6-8(15)12(19-11)14(21)20-13-9(16)4-3-5-10(13)17/h3-7H,2H2,1H3,(H,18,19)(H,20,21). The van der Waals surface area contributed by atoms with Crippen molar-refractivity contribution in [1.82, 2.24) is 4.98 Å². The highest BCUT2D eigenvalue weighted by molar-refractivity contribution is 6.34. The van der Waals surface area contributed by atoms with Gasteiger partial charge in [0.1, 0.15) is 28.8 Å². The Hall–Kier alpha value is -2.21. The number of nitrogens with one attached hydrogen (secondary N) is 2. The zero-order valence-corrected chi connectivity index (χ0v) is 11.8. The minimum atomic E-state index is -0.873. The minimum absolute atomic E-state index is 0.0888. The van der Waals surface area contributed by atoms with E-state index >= 15 is 0 Å². The Balaban J connectivity index is 2.30. The number of hydrogen-bond donors (Lipinski definition) is 2. The number of amides is 1. The van der Waals surface area contributed by atoms with Gasteiger partial charge in [-0.2, -0.15) is 0 Å². The molecule has 1 heterocycles. The molecule has 110 valence electrons. The first-order valence-corrected chi connectivity index (χ1v) is 6.56. The topological polar surface area (TPSA) is 54.0 Å². The minimum Gasteiger partial charge on any atom is -0.370 e. The van der Waals surface area contributed by atoms with E-state index in [-0.39, 0.29) is 10.7 Å². The summed E-state index contributed by atoms with van der Waals surface area (Å²) >= 11 is 5.90. The van der Waals surface area contributed by atoms with Crippen LogP contribution in [-0.4, -0.2) is 17.4 Å². The molecule has 1 aromatic carbocycles. The van der Waals surface area contributed by atoms with Crippen LogP contribution >= 0.6 is 11.6 Å². The number of benzene rings is 1. The summed E-state index contributed by atoms with van der Waals surface area (Å²) in [4.78, 5) is 16.1. The van der Waals surface area contributed by atoms with Gasteiger partial charge in [-0.05, 0) is 31.2 Å². The van der Waals surface area contributed by atoms with Crippen molar-refractivity contribution in [3.63, 3.8) is 0 Å². The number of pyridine rings is 1. The predicted octanol–water partition coefficient (Wildman–Crippen LogP) is 3.70. The maximum absolute atomic E-state index is 13.5. The van der Waals surface area contributed by atoms with Crippen LogP contribution < -0.4 is 10.6 Å². The number of nitrogens with zero attached hydrogens (tertiary/aromatic N) is 1. The lowest BCUT2D eigenvalue weighted by Gasteiger charge is -2.09. The lowest BCUT2D eigenvalue weighted by atomic mass is 10.2. The Morgan fingerprint density at radius 2 is 1.90 bits per heavy atom. The Labute approximate surface area is 125 Å². The smallest absolute Gasteiger partial charge is 0.276 e. The molecule has 0 fully saturated rings. The summed E-state index contributed by atoms with van der Waals surface area (Å²) in [6, 6.07) is 6.38. The number of rotatable bonds is 4. The number of halogens is 3. The van der Waals surface area contributed by atoms with Crippen LogP contribution in [-0.2, 0) is 0 Å². The van der Waals surface area contributed by atoms with Crippen LogP contribution in [0.5, 0.6) is 0 Å². The van der Waals surface area contributed by atoms with E-state index < -0.39 is 23.2 Å².